The van der Waals surface area contributed by atoms with E-state index >= 15 is 0 Å². The van der Waals surface area contributed by atoms with Crippen LogP contribution in [-0.2, 0) is 14.3 Å². The number of rotatable bonds is 5. The Labute approximate surface area is 140 Å². The van der Waals surface area contributed by atoms with E-state index in [4.69, 9.17) is 16.3 Å². The molecule has 0 saturated carbocycles. The summed E-state index contributed by atoms with van der Waals surface area (Å²) < 4.78 is 5.09. The number of nitrogens with zero attached hydrogens (tertiary/aromatic N) is 1. The molecule has 5 heteroatoms. The minimum Gasteiger partial charge on any atom is -0.462 e. The lowest BCUT2D eigenvalue weighted by Gasteiger charge is -2.14. The van der Waals surface area contributed by atoms with Gasteiger partial charge >= 0.3 is 5.97 Å². The molecule has 0 N–H and O–H groups in total. The lowest BCUT2D eigenvalue weighted by atomic mass is 10.0. The number of carbonyl (C=O) groups excluding carboxylic acids is 2. The number of esters is 1. The molecule has 2 rings (SSSR count). The number of allylic oxidation sites excluding steroid dienone is 1. The Kier molecular flexibility index (Phi) is 5.40. The van der Waals surface area contributed by atoms with Crippen molar-refractivity contribution >= 4 is 29.6 Å². The van der Waals surface area contributed by atoms with Gasteiger partial charge in [-0.05, 0) is 37.6 Å². The molecule has 0 aliphatic carbocycles. The maximum absolute atomic E-state index is 12.6. The van der Waals surface area contributed by atoms with Gasteiger partial charge < -0.3 is 9.64 Å². The zero-order valence-corrected chi connectivity index (χ0v) is 13.9. The molecule has 23 heavy (non-hydrogen) atoms. The summed E-state index contributed by atoms with van der Waals surface area (Å²) in [5, 5.41) is 0.607. The van der Waals surface area contributed by atoms with Crippen molar-refractivity contribution in [3.63, 3.8) is 0 Å². The minimum absolute atomic E-state index is 0.236. The van der Waals surface area contributed by atoms with E-state index in [1.807, 2.05) is 0 Å². The number of halogens is 1. The molecule has 1 heterocycles. The van der Waals surface area contributed by atoms with Gasteiger partial charge in [-0.1, -0.05) is 29.8 Å². The smallest absolute Gasteiger partial charge is 0.340 e. The van der Waals surface area contributed by atoms with Crippen molar-refractivity contribution in [1.29, 1.82) is 0 Å². The molecule has 0 atom stereocenters. The van der Waals surface area contributed by atoms with E-state index in [2.05, 4.69) is 6.58 Å². The van der Waals surface area contributed by atoms with E-state index in [9.17, 15) is 9.59 Å². The van der Waals surface area contributed by atoms with Crippen molar-refractivity contribution in [1.82, 2.24) is 4.90 Å². The van der Waals surface area contributed by atoms with Crippen LogP contribution in [0.3, 0.4) is 0 Å². The van der Waals surface area contributed by atoms with Crippen molar-refractivity contribution < 1.29 is 14.3 Å². The van der Waals surface area contributed by atoms with Crippen LogP contribution < -0.4 is 0 Å². The summed E-state index contributed by atoms with van der Waals surface area (Å²) in [5.74, 6) is -0.731. The molecule has 0 saturated heterocycles. The van der Waals surface area contributed by atoms with Crippen molar-refractivity contribution in [3.05, 3.63) is 64.3 Å². The first-order valence-electron chi connectivity index (χ1n) is 7.28. The lowest BCUT2D eigenvalue weighted by Crippen LogP contribution is -2.24. The summed E-state index contributed by atoms with van der Waals surface area (Å²) in [4.78, 5) is 26.4. The van der Waals surface area contributed by atoms with Crippen LogP contribution in [-0.4, -0.2) is 29.9 Å². The SMILES string of the molecule is C=CCN1C(=O)/C(=C\c2ccc(Cl)cc2)C(C(=O)OCC)=C1C. The fourth-order valence-corrected chi connectivity index (χ4v) is 2.53. The lowest BCUT2D eigenvalue weighted by molar-refractivity contribution is -0.138. The number of ether oxygens (including phenoxy) is 1. The topological polar surface area (TPSA) is 46.6 Å². The maximum atomic E-state index is 12.6. The van der Waals surface area contributed by atoms with Gasteiger partial charge in [0.25, 0.3) is 5.91 Å². The van der Waals surface area contributed by atoms with Crippen LogP contribution in [0.15, 0.2) is 53.8 Å². The monoisotopic (exact) mass is 331 g/mol. The van der Waals surface area contributed by atoms with Gasteiger partial charge in [0.2, 0.25) is 0 Å². The van der Waals surface area contributed by atoms with E-state index in [0.717, 1.165) is 5.56 Å². The molecule has 0 fully saturated rings. The van der Waals surface area contributed by atoms with Gasteiger partial charge in [0, 0.05) is 17.3 Å². The Bertz CT molecular complexity index is 701. The molecule has 1 aliphatic rings. The van der Waals surface area contributed by atoms with Crippen molar-refractivity contribution in [2.75, 3.05) is 13.2 Å². The Balaban J connectivity index is 2.50. The normalized spacial score (nSPS) is 16.2. The number of carbonyl (C=O) groups is 2. The highest BCUT2D eigenvalue weighted by atomic mass is 35.5. The number of hydrogen-bond donors (Lipinski definition) is 0. The van der Waals surface area contributed by atoms with E-state index in [-0.39, 0.29) is 12.5 Å². The summed E-state index contributed by atoms with van der Waals surface area (Å²) in [6.07, 6.45) is 3.30. The van der Waals surface area contributed by atoms with Crippen LogP contribution in [0.5, 0.6) is 0 Å². The van der Waals surface area contributed by atoms with Crippen LogP contribution in [0.1, 0.15) is 19.4 Å². The molecule has 1 amide bonds. The van der Waals surface area contributed by atoms with Crippen LogP contribution in [0.2, 0.25) is 5.02 Å². The van der Waals surface area contributed by atoms with Crippen molar-refractivity contribution in [2.24, 2.45) is 0 Å². The second-order valence-electron chi connectivity index (χ2n) is 4.99. The first kappa shape index (κ1) is 17.0. The molecular formula is C18H18ClNO3. The Morgan fingerprint density at radius 3 is 2.57 bits per heavy atom. The van der Waals surface area contributed by atoms with Crippen molar-refractivity contribution in [3.8, 4) is 0 Å². The molecule has 1 aromatic carbocycles. The maximum Gasteiger partial charge on any atom is 0.340 e. The number of amides is 1. The van der Waals surface area contributed by atoms with Gasteiger partial charge in [-0.2, -0.15) is 0 Å². The third-order valence-corrected chi connectivity index (χ3v) is 3.74. The molecule has 1 aromatic rings. The van der Waals surface area contributed by atoms with E-state index in [1.165, 1.54) is 4.90 Å². The average Bonchev–Trinajstić information content (AvgIpc) is 2.75. The molecule has 0 aromatic heterocycles. The molecule has 120 valence electrons. The molecule has 4 nitrogen and oxygen atoms in total. The van der Waals surface area contributed by atoms with Gasteiger partial charge in [0.05, 0.1) is 17.8 Å². The van der Waals surface area contributed by atoms with Gasteiger partial charge in [-0.25, -0.2) is 4.79 Å². The van der Waals surface area contributed by atoms with E-state index < -0.39 is 5.97 Å². The minimum atomic E-state index is -0.495. The highest BCUT2D eigenvalue weighted by molar-refractivity contribution is 6.30. The highest BCUT2D eigenvalue weighted by Gasteiger charge is 2.36. The summed E-state index contributed by atoms with van der Waals surface area (Å²) in [6.45, 7) is 7.70. The Hall–Kier alpha value is -2.33. The Morgan fingerprint density at radius 1 is 1.35 bits per heavy atom. The predicted molar refractivity (Wildman–Crippen MR) is 90.7 cm³/mol. The molecule has 1 aliphatic heterocycles. The van der Waals surface area contributed by atoms with Gasteiger partial charge in [0.15, 0.2) is 0 Å². The van der Waals surface area contributed by atoms with E-state index in [1.54, 1.807) is 50.3 Å². The van der Waals surface area contributed by atoms with Gasteiger partial charge in [-0.15, -0.1) is 6.58 Å². The standard InChI is InChI=1S/C18H18ClNO3/c1-4-10-20-12(3)16(18(22)23-5-2)15(17(20)21)11-13-6-8-14(19)9-7-13/h4,6-9,11H,1,5,10H2,2-3H3/b15-11-. The third-order valence-electron chi connectivity index (χ3n) is 3.48. The van der Waals surface area contributed by atoms with Crippen molar-refractivity contribution in [2.45, 2.75) is 13.8 Å². The highest BCUT2D eigenvalue weighted by Crippen LogP contribution is 2.31. The fourth-order valence-electron chi connectivity index (χ4n) is 2.40. The third kappa shape index (κ3) is 3.54. The van der Waals surface area contributed by atoms with Crippen LogP contribution in [0, 0.1) is 0 Å². The quantitative estimate of drug-likeness (QED) is 0.470. The molecule has 0 bridgehead atoms. The number of hydrogen-bond acceptors (Lipinski definition) is 3. The predicted octanol–water partition coefficient (Wildman–Crippen LogP) is 3.59. The summed E-state index contributed by atoms with van der Waals surface area (Å²) in [6, 6.07) is 7.04. The molecule has 0 radical (unpaired) electrons. The molecule has 0 unspecified atom stereocenters. The zero-order valence-electron chi connectivity index (χ0n) is 13.1. The summed E-state index contributed by atoms with van der Waals surface area (Å²) >= 11 is 5.87. The van der Waals surface area contributed by atoms with Crippen LogP contribution in [0.25, 0.3) is 6.08 Å². The zero-order chi connectivity index (χ0) is 17.0. The second kappa shape index (κ2) is 7.29. The van der Waals surface area contributed by atoms with Gasteiger partial charge in [0.1, 0.15) is 0 Å². The fraction of sp³-hybridized carbons (Fsp3) is 0.222. The molecule has 0 spiro atoms. The first-order valence-corrected chi connectivity index (χ1v) is 7.65. The second-order valence-corrected chi connectivity index (χ2v) is 5.43. The first-order chi connectivity index (χ1) is 11.0. The average molecular weight is 332 g/mol. The summed E-state index contributed by atoms with van der Waals surface area (Å²) in [5.41, 5.74) is 1.99. The largest absolute Gasteiger partial charge is 0.462 e. The Morgan fingerprint density at radius 2 is 2.00 bits per heavy atom. The van der Waals surface area contributed by atoms with E-state index in [0.29, 0.717) is 28.4 Å². The molecular weight excluding hydrogens is 314 g/mol. The van der Waals surface area contributed by atoms with Crippen LogP contribution >= 0.6 is 11.6 Å². The van der Waals surface area contributed by atoms with Crippen LogP contribution in [0.4, 0.5) is 0 Å². The number of benzene rings is 1. The summed E-state index contributed by atoms with van der Waals surface area (Å²) in [7, 11) is 0. The van der Waals surface area contributed by atoms with Gasteiger partial charge in [-0.3, -0.25) is 4.79 Å².